The summed E-state index contributed by atoms with van der Waals surface area (Å²) in [7, 11) is -4.24. The molecule has 0 bridgehead atoms. The van der Waals surface area contributed by atoms with E-state index in [0.717, 1.165) is 5.56 Å². The summed E-state index contributed by atoms with van der Waals surface area (Å²) in [4.78, 5) is 13.1. The Bertz CT molecular complexity index is 1620. The maximum absolute atomic E-state index is 13.1. The van der Waals surface area contributed by atoms with Gasteiger partial charge in [0.25, 0.3) is 20.0 Å². The van der Waals surface area contributed by atoms with Gasteiger partial charge in [-0.3, -0.25) is 0 Å². The van der Waals surface area contributed by atoms with Crippen LogP contribution in [0.25, 0.3) is 11.1 Å². The molecule has 1 N–H and O–H groups in total. The SMILES string of the molecule is CCS(=O)(=O)N(C(=O)Nc1ccc2c(c1)C(c1ccc(OC)c(OC)c1)Oc1cccc(OC)c1-2)S(=O)(=O)CC. The number of anilines is 1. The van der Waals surface area contributed by atoms with Crippen molar-refractivity contribution < 1.29 is 40.6 Å². The molecule has 11 nitrogen and oxygen atoms in total. The lowest BCUT2D eigenvalue weighted by Gasteiger charge is -2.31. The zero-order valence-electron chi connectivity index (χ0n) is 22.6. The lowest BCUT2D eigenvalue weighted by Crippen LogP contribution is -2.45. The van der Waals surface area contributed by atoms with Gasteiger partial charge >= 0.3 is 6.03 Å². The zero-order valence-corrected chi connectivity index (χ0v) is 24.3. The summed E-state index contributed by atoms with van der Waals surface area (Å²) in [6.07, 6.45) is -0.680. The van der Waals surface area contributed by atoms with Crippen LogP contribution in [-0.2, 0) is 20.0 Å². The van der Waals surface area contributed by atoms with Crippen molar-refractivity contribution in [2.45, 2.75) is 20.0 Å². The lowest BCUT2D eigenvalue weighted by atomic mass is 9.88. The van der Waals surface area contributed by atoms with Crippen LogP contribution in [0.3, 0.4) is 0 Å². The van der Waals surface area contributed by atoms with Gasteiger partial charge in [-0.15, -0.1) is 3.71 Å². The van der Waals surface area contributed by atoms with Crippen LogP contribution in [0.4, 0.5) is 10.5 Å². The molecule has 0 radical (unpaired) electrons. The van der Waals surface area contributed by atoms with Crippen molar-refractivity contribution in [3.05, 3.63) is 65.7 Å². The number of nitrogens with one attached hydrogen (secondary N) is 1. The first-order valence-electron chi connectivity index (χ1n) is 12.3. The number of fused-ring (bicyclic) bond motifs is 3. The molecule has 1 aliphatic heterocycles. The maximum atomic E-state index is 13.1. The second-order valence-corrected chi connectivity index (χ2v) is 13.1. The molecular formula is C27H30N2O9S2. The Morgan fingerprint density at radius 2 is 1.50 bits per heavy atom. The van der Waals surface area contributed by atoms with Crippen molar-refractivity contribution in [3.63, 3.8) is 0 Å². The fraction of sp³-hybridized carbons (Fsp3) is 0.296. The first-order valence-corrected chi connectivity index (χ1v) is 15.5. The fourth-order valence-electron chi connectivity index (χ4n) is 4.41. The quantitative estimate of drug-likeness (QED) is 0.384. The van der Waals surface area contributed by atoms with Crippen molar-refractivity contribution in [1.82, 2.24) is 3.71 Å². The van der Waals surface area contributed by atoms with E-state index < -0.39 is 43.7 Å². The molecule has 4 rings (SSSR count). The Balaban J connectivity index is 1.85. The van der Waals surface area contributed by atoms with Gasteiger partial charge in [0.15, 0.2) is 11.5 Å². The molecule has 13 heteroatoms. The van der Waals surface area contributed by atoms with Gasteiger partial charge in [0.05, 0.1) is 38.4 Å². The Morgan fingerprint density at radius 3 is 2.10 bits per heavy atom. The van der Waals surface area contributed by atoms with Crippen molar-refractivity contribution in [1.29, 1.82) is 0 Å². The highest BCUT2D eigenvalue weighted by molar-refractivity contribution is 8.04. The Hall–Kier alpha value is -3.97. The minimum absolute atomic E-state index is 0.0832. The first-order chi connectivity index (χ1) is 19.0. The van der Waals surface area contributed by atoms with Crippen LogP contribution in [0.5, 0.6) is 23.0 Å². The average Bonchev–Trinajstić information content (AvgIpc) is 2.95. The molecule has 0 saturated heterocycles. The van der Waals surface area contributed by atoms with E-state index in [1.807, 2.05) is 12.1 Å². The van der Waals surface area contributed by atoms with E-state index in [1.54, 1.807) is 49.6 Å². The second-order valence-electron chi connectivity index (χ2n) is 8.68. The highest BCUT2D eigenvalue weighted by Gasteiger charge is 2.37. The smallest absolute Gasteiger partial charge is 0.349 e. The topological polar surface area (TPSA) is 138 Å². The van der Waals surface area contributed by atoms with Gasteiger partial charge in [0, 0.05) is 16.8 Å². The molecule has 3 aromatic carbocycles. The van der Waals surface area contributed by atoms with Crippen molar-refractivity contribution in [3.8, 4) is 34.1 Å². The van der Waals surface area contributed by atoms with Crippen LogP contribution < -0.4 is 24.3 Å². The largest absolute Gasteiger partial charge is 0.496 e. The van der Waals surface area contributed by atoms with Gasteiger partial charge in [-0.25, -0.2) is 21.6 Å². The van der Waals surface area contributed by atoms with E-state index in [2.05, 4.69) is 5.32 Å². The minimum Gasteiger partial charge on any atom is -0.496 e. The molecular weight excluding hydrogens is 560 g/mol. The molecule has 40 heavy (non-hydrogen) atoms. The number of urea groups is 1. The Labute approximate surface area is 233 Å². The van der Waals surface area contributed by atoms with Crippen molar-refractivity contribution in [2.75, 3.05) is 38.2 Å². The standard InChI is InChI=1S/C27H30N2O9S2/c1-6-39(31,32)29(40(33,34)7-2)27(30)28-18-12-13-19-20(16-18)26(17-11-14-21(35-3)24(15-17)37-5)38-23-10-8-9-22(36-4)25(19)23/h8-16,26H,6-7H2,1-5H3,(H,28,30). The first kappa shape index (κ1) is 29.0. The number of hydrogen-bond donors (Lipinski definition) is 1. The number of carbonyl (C=O) groups excluding carboxylic acids is 1. The highest BCUT2D eigenvalue weighted by Crippen LogP contribution is 2.50. The predicted molar refractivity (Wildman–Crippen MR) is 150 cm³/mol. The van der Waals surface area contributed by atoms with Gasteiger partial charge in [-0.05, 0) is 55.8 Å². The summed E-state index contributed by atoms with van der Waals surface area (Å²) in [5, 5.41) is 2.44. The number of carbonyl (C=O) groups is 1. The number of hydrogen-bond acceptors (Lipinski definition) is 9. The van der Waals surface area contributed by atoms with Gasteiger partial charge in [-0.1, -0.05) is 18.2 Å². The van der Waals surface area contributed by atoms with E-state index in [9.17, 15) is 21.6 Å². The van der Waals surface area contributed by atoms with Crippen LogP contribution in [0.1, 0.15) is 31.1 Å². The van der Waals surface area contributed by atoms with Gasteiger partial charge in [0.2, 0.25) is 0 Å². The summed E-state index contributed by atoms with van der Waals surface area (Å²) in [6, 6.07) is 14.3. The van der Waals surface area contributed by atoms with Crippen LogP contribution in [0, 0.1) is 0 Å². The number of methoxy groups -OCH3 is 3. The van der Waals surface area contributed by atoms with E-state index in [0.29, 0.717) is 39.7 Å². The molecule has 214 valence electrons. The van der Waals surface area contributed by atoms with Crippen LogP contribution in [0.15, 0.2) is 54.6 Å². The van der Waals surface area contributed by atoms with Gasteiger partial charge in [0.1, 0.15) is 17.6 Å². The lowest BCUT2D eigenvalue weighted by molar-refractivity contribution is 0.241. The summed E-state index contributed by atoms with van der Waals surface area (Å²) in [5.41, 5.74) is 2.93. The van der Waals surface area contributed by atoms with Crippen LogP contribution in [-0.4, -0.2) is 59.4 Å². The minimum atomic E-state index is -4.42. The molecule has 2 amide bonds. The third kappa shape index (κ3) is 5.26. The molecule has 0 fully saturated rings. The van der Waals surface area contributed by atoms with Crippen molar-refractivity contribution in [2.24, 2.45) is 0 Å². The van der Waals surface area contributed by atoms with E-state index in [-0.39, 0.29) is 9.40 Å². The molecule has 0 aromatic heterocycles. The van der Waals surface area contributed by atoms with E-state index in [1.165, 1.54) is 28.1 Å². The van der Waals surface area contributed by atoms with Gasteiger partial charge < -0.3 is 24.3 Å². The molecule has 0 aliphatic carbocycles. The van der Waals surface area contributed by atoms with E-state index in [4.69, 9.17) is 18.9 Å². The Morgan fingerprint density at radius 1 is 0.850 bits per heavy atom. The number of rotatable bonds is 9. The third-order valence-electron chi connectivity index (χ3n) is 6.42. The molecule has 1 atom stereocenters. The molecule has 0 spiro atoms. The van der Waals surface area contributed by atoms with Crippen molar-refractivity contribution >= 4 is 31.8 Å². The van der Waals surface area contributed by atoms with Crippen LogP contribution >= 0.6 is 0 Å². The highest BCUT2D eigenvalue weighted by atomic mass is 32.3. The number of ether oxygens (including phenoxy) is 4. The zero-order chi connectivity index (χ0) is 29.2. The number of amides is 2. The van der Waals surface area contributed by atoms with E-state index >= 15 is 0 Å². The summed E-state index contributed by atoms with van der Waals surface area (Å²) < 4.78 is 73.0. The molecule has 3 aromatic rings. The molecule has 1 aliphatic rings. The monoisotopic (exact) mass is 590 g/mol. The molecule has 1 unspecified atom stereocenters. The number of benzene rings is 3. The maximum Gasteiger partial charge on any atom is 0.349 e. The normalized spacial score (nSPS) is 14.3. The predicted octanol–water partition coefficient (Wildman–Crippen LogP) is 4.39. The second kappa shape index (κ2) is 11.3. The van der Waals surface area contributed by atoms with Crippen LogP contribution in [0.2, 0.25) is 0 Å². The summed E-state index contributed by atoms with van der Waals surface area (Å²) in [5.74, 6) is 0.995. The molecule has 1 heterocycles. The third-order valence-corrected chi connectivity index (χ3v) is 10.6. The van der Waals surface area contributed by atoms with Gasteiger partial charge in [-0.2, -0.15) is 0 Å². The fourth-order valence-corrected chi connectivity index (χ4v) is 7.50. The summed E-state index contributed by atoms with van der Waals surface area (Å²) in [6.45, 7) is 2.52. The Kier molecular flexibility index (Phi) is 8.17. The molecule has 0 saturated carbocycles. The summed E-state index contributed by atoms with van der Waals surface area (Å²) >= 11 is 0. The average molecular weight is 591 g/mol. The number of sulfonamides is 2. The number of nitrogens with zero attached hydrogens (tertiary/aromatic N) is 1.